The highest BCUT2D eigenvalue weighted by Crippen LogP contribution is 2.20. The normalized spacial score (nSPS) is 14.0. The minimum atomic E-state index is -0.196. The van der Waals surface area contributed by atoms with E-state index in [1.54, 1.807) is 0 Å². The van der Waals surface area contributed by atoms with Crippen LogP contribution in [-0.2, 0) is 9.59 Å². The molecule has 0 unspecified atom stereocenters. The van der Waals surface area contributed by atoms with Crippen LogP contribution in [0.3, 0.4) is 0 Å². The van der Waals surface area contributed by atoms with Gasteiger partial charge in [-0.1, -0.05) is 25.1 Å². The molecule has 0 spiro atoms. The number of nitrogens with zero attached hydrogens (tertiary/aromatic N) is 2. The van der Waals surface area contributed by atoms with Crippen molar-refractivity contribution in [3.8, 4) is 5.75 Å². The lowest BCUT2D eigenvalue weighted by Crippen LogP contribution is -2.48. The number of nitrogens with one attached hydrogen (secondary N) is 1. The Morgan fingerprint density at radius 3 is 2.26 bits per heavy atom. The number of ether oxygens (including phenoxy) is 1. The molecule has 6 nitrogen and oxygen atoms in total. The highest BCUT2D eigenvalue weighted by atomic mass is 16.5. The van der Waals surface area contributed by atoms with Gasteiger partial charge in [0.25, 0.3) is 5.91 Å². The van der Waals surface area contributed by atoms with Crippen LogP contribution in [0.2, 0.25) is 0 Å². The monoisotopic (exact) mass is 367 g/mol. The number of piperazine rings is 1. The molecule has 0 radical (unpaired) electrons. The fourth-order valence-corrected chi connectivity index (χ4v) is 3.06. The lowest BCUT2D eigenvalue weighted by molar-refractivity contribution is -0.131. The lowest BCUT2D eigenvalue weighted by Gasteiger charge is -2.36. The third-order valence-corrected chi connectivity index (χ3v) is 4.56. The molecule has 0 aromatic heterocycles. The highest BCUT2D eigenvalue weighted by molar-refractivity contribution is 5.92. The molecule has 2 amide bonds. The van der Waals surface area contributed by atoms with Gasteiger partial charge >= 0.3 is 0 Å². The first-order chi connectivity index (χ1) is 13.2. The first-order valence-electron chi connectivity index (χ1n) is 9.26. The largest absolute Gasteiger partial charge is 0.484 e. The van der Waals surface area contributed by atoms with E-state index in [2.05, 4.69) is 10.2 Å². The standard InChI is InChI=1S/C21H25N3O3/c1-2-21(26)24-14-12-23(13-15-24)18-10-8-17(9-11-18)22-20(25)16-27-19-6-4-3-5-7-19/h3-11H,2,12-16H2,1H3,(H,22,25). The summed E-state index contributed by atoms with van der Waals surface area (Å²) in [5, 5.41) is 2.84. The number of para-hydroxylation sites is 1. The average molecular weight is 367 g/mol. The Morgan fingerprint density at radius 2 is 1.63 bits per heavy atom. The van der Waals surface area contributed by atoms with Crippen molar-refractivity contribution in [3.05, 3.63) is 54.6 Å². The Labute approximate surface area is 159 Å². The number of hydrogen-bond donors (Lipinski definition) is 1. The quantitative estimate of drug-likeness (QED) is 0.853. The molecule has 1 aliphatic rings. The molecule has 3 rings (SSSR count). The fraction of sp³-hybridized carbons (Fsp3) is 0.333. The van der Waals surface area contributed by atoms with E-state index in [4.69, 9.17) is 4.74 Å². The van der Waals surface area contributed by atoms with Crippen LogP contribution in [0.5, 0.6) is 5.75 Å². The number of hydrogen-bond acceptors (Lipinski definition) is 4. The number of benzene rings is 2. The second-order valence-electron chi connectivity index (χ2n) is 6.42. The van der Waals surface area contributed by atoms with Gasteiger partial charge in [0.2, 0.25) is 5.91 Å². The molecular weight excluding hydrogens is 342 g/mol. The van der Waals surface area contributed by atoms with Crippen LogP contribution in [0.15, 0.2) is 54.6 Å². The summed E-state index contributed by atoms with van der Waals surface area (Å²) in [4.78, 5) is 27.9. The van der Waals surface area contributed by atoms with Crippen molar-refractivity contribution in [1.29, 1.82) is 0 Å². The van der Waals surface area contributed by atoms with Gasteiger partial charge in [-0.25, -0.2) is 0 Å². The third kappa shape index (κ3) is 5.23. The Hall–Kier alpha value is -3.02. The van der Waals surface area contributed by atoms with Crippen molar-refractivity contribution in [2.24, 2.45) is 0 Å². The molecule has 27 heavy (non-hydrogen) atoms. The molecule has 1 fully saturated rings. The van der Waals surface area contributed by atoms with Gasteiger partial charge in [0.05, 0.1) is 0 Å². The Morgan fingerprint density at radius 1 is 0.963 bits per heavy atom. The minimum Gasteiger partial charge on any atom is -0.484 e. The van der Waals surface area contributed by atoms with Crippen LogP contribution >= 0.6 is 0 Å². The first kappa shape index (κ1) is 18.8. The highest BCUT2D eigenvalue weighted by Gasteiger charge is 2.20. The molecule has 0 atom stereocenters. The van der Waals surface area contributed by atoms with Gasteiger partial charge in [-0.2, -0.15) is 0 Å². The van der Waals surface area contributed by atoms with Gasteiger partial charge in [-0.05, 0) is 36.4 Å². The molecule has 1 aliphatic heterocycles. The van der Waals surface area contributed by atoms with Crippen molar-refractivity contribution in [2.75, 3.05) is 43.0 Å². The summed E-state index contributed by atoms with van der Waals surface area (Å²) in [6.07, 6.45) is 0.558. The van der Waals surface area contributed by atoms with Gasteiger partial charge in [0.1, 0.15) is 5.75 Å². The van der Waals surface area contributed by atoms with Crippen molar-refractivity contribution < 1.29 is 14.3 Å². The van der Waals surface area contributed by atoms with Gasteiger partial charge < -0.3 is 19.9 Å². The SMILES string of the molecule is CCC(=O)N1CCN(c2ccc(NC(=O)COc3ccccc3)cc2)CC1. The van der Waals surface area contributed by atoms with Gasteiger partial charge in [0, 0.05) is 44.0 Å². The summed E-state index contributed by atoms with van der Waals surface area (Å²) in [6, 6.07) is 17.0. The molecule has 1 N–H and O–H groups in total. The predicted molar refractivity (Wildman–Crippen MR) is 106 cm³/mol. The number of carbonyl (C=O) groups excluding carboxylic acids is 2. The van der Waals surface area contributed by atoms with E-state index in [1.807, 2.05) is 66.4 Å². The minimum absolute atomic E-state index is 0.0286. The van der Waals surface area contributed by atoms with Gasteiger partial charge in [-0.3, -0.25) is 9.59 Å². The summed E-state index contributed by atoms with van der Waals surface area (Å²) in [5.74, 6) is 0.687. The number of amides is 2. The average Bonchev–Trinajstić information content (AvgIpc) is 2.73. The summed E-state index contributed by atoms with van der Waals surface area (Å²) in [5.41, 5.74) is 1.83. The number of carbonyl (C=O) groups is 2. The van der Waals surface area contributed by atoms with Crippen molar-refractivity contribution in [2.45, 2.75) is 13.3 Å². The molecule has 0 bridgehead atoms. The van der Waals surface area contributed by atoms with Crippen molar-refractivity contribution in [3.63, 3.8) is 0 Å². The van der Waals surface area contributed by atoms with E-state index >= 15 is 0 Å². The molecule has 2 aromatic rings. The number of anilines is 2. The van der Waals surface area contributed by atoms with Gasteiger partial charge in [0.15, 0.2) is 6.61 Å². The van der Waals surface area contributed by atoms with Crippen LogP contribution in [0.25, 0.3) is 0 Å². The second-order valence-corrected chi connectivity index (χ2v) is 6.42. The number of rotatable bonds is 6. The van der Waals surface area contributed by atoms with E-state index < -0.39 is 0 Å². The van der Waals surface area contributed by atoms with Crippen LogP contribution in [-0.4, -0.2) is 49.5 Å². The third-order valence-electron chi connectivity index (χ3n) is 4.56. The van der Waals surface area contributed by atoms with E-state index in [1.165, 1.54) is 0 Å². The zero-order valence-electron chi connectivity index (χ0n) is 15.6. The Bertz CT molecular complexity index is 754. The van der Waals surface area contributed by atoms with E-state index in [0.717, 1.165) is 37.6 Å². The molecule has 0 aliphatic carbocycles. The molecule has 1 saturated heterocycles. The summed E-state index contributed by atoms with van der Waals surface area (Å²) in [6.45, 7) is 5.01. The van der Waals surface area contributed by atoms with Crippen LogP contribution in [0.4, 0.5) is 11.4 Å². The lowest BCUT2D eigenvalue weighted by atomic mass is 10.2. The zero-order chi connectivity index (χ0) is 19.1. The molecule has 2 aromatic carbocycles. The van der Waals surface area contributed by atoms with Crippen molar-refractivity contribution in [1.82, 2.24) is 4.90 Å². The van der Waals surface area contributed by atoms with E-state index in [9.17, 15) is 9.59 Å². The van der Waals surface area contributed by atoms with Crippen LogP contribution in [0.1, 0.15) is 13.3 Å². The van der Waals surface area contributed by atoms with E-state index in [-0.39, 0.29) is 18.4 Å². The molecule has 1 heterocycles. The first-order valence-corrected chi connectivity index (χ1v) is 9.26. The van der Waals surface area contributed by atoms with Crippen LogP contribution < -0.4 is 15.0 Å². The molecule has 6 heteroatoms. The molecular formula is C21H25N3O3. The van der Waals surface area contributed by atoms with E-state index in [0.29, 0.717) is 12.2 Å². The van der Waals surface area contributed by atoms with Crippen molar-refractivity contribution >= 4 is 23.2 Å². The predicted octanol–water partition coefficient (Wildman–Crippen LogP) is 2.76. The van der Waals surface area contributed by atoms with Gasteiger partial charge in [-0.15, -0.1) is 0 Å². The maximum atomic E-state index is 12.0. The maximum absolute atomic E-state index is 12.0. The fourth-order valence-electron chi connectivity index (χ4n) is 3.06. The smallest absolute Gasteiger partial charge is 0.262 e. The maximum Gasteiger partial charge on any atom is 0.262 e. The summed E-state index contributed by atoms with van der Waals surface area (Å²) >= 11 is 0. The molecule has 142 valence electrons. The topological polar surface area (TPSA) is 61.9 Å². The second kappa shape index (κ2) is 9.07. The zero-order valence-corrected chi connectivity index (χ0v) is 15.6. The van der Waals surface area contributed by atoms with Crippen LogP contribution in [0, 0.1) is 0 Å². The summed E-state index contributed by atoms with van der Waals surface area (Å²) in [7, 11) is 0. The summed E-state index contributed by atoms with van der Waals surface area (Å²) < 4.78 is 5.45. The Kier molecular flexibility index (Phi) is 6.30. The molecule has 0 saturated carbocycles. The Balaban J connectivity index is 1.47.